The van der Waals surface area contributed by atoms with Crippen LogP contribution >= 0.6 is 0 Å². The molecule has 0 aliphatic carbocycles. The second-order valence-electron chi connectivity index (χ2n) is 5.72. The third-order valence-electron chi connectivity index (χ3n) is 3.88. The molecule has 3 heteroatoms. The van der Waals surface area contributed by atoms with Crippen molar-refractivity contribution < 1.29 is 0 Å². The zero-order valence-corrected chi connectivity index (χ0v) is 13.2. The number of rotatable bonds is 11. The van der Waals surface area contributed by atoms with Crippen LogP contribution in [-0.4, -0.2) is 4.98 Å². The molecule has 0 aromatic carbocycles. The zero-order chi connectivity index (χ0) is 14.6. The van der Waals surface area contributed by atoms with Crippen LogP contribution in [0.15, 0.2) is 18.3 Å². The van der Waals surface area contributed by atoms with E-state index in [9.17, 15) is 0 Å². The van der Waals surface area contributed by atoms with E-state index >= 15 is 0 Å². The number of nitrogens with one attached hydrogen (secondary N) is 1. The molecular weight excluding hydrogens is 246 g/mol. The maximum Gasteiger partial charge on any atom is 0.0475 e. The number of unbranched alkanes of at least 4 members (excludes halogenated alkanes) is 7. The number of hydrogen-bond donors (Lipinski definition) is 2. The van der Waals surface area contributed by atoms with Crippen molar-refractivity contribution in [3.8, 4) is 0 Å². The fourth-order valence-corrected chi connectivity index (χ4v) is 2.51. The molecule has 0 saturated carbocycles. The second kappa shape index (κ2) is 10.8. The van der Waals surface area contributed by atoms with Crippen molar-refractivity contribution in [2.75, 3.05) is 0 Å². The molecule has 0 aliphatic rings. The predicted molar refractivity (Wildman–Crippen MR) is 86.3 cm³/mol. The Kier molecular flexibility index (Phi) is 9.25. The molecular formula is C17H31N3. The SMILES string of the molecule is CCCCCCCCCCC(NN)c1ccc(C)nc1. The van der Waals surface area contributed by atoms with E-state index in [0.717, 1.165) is 12.1 Å². The number of aromatic nitrogens is 1. The Morgan fingerprint density at radius 1 is 1.05 bits per heavy atom. The molecule has 1 unspecified atom stereocenters. The third-order valence-corrected chi connectivity index (χ3v) is 3.88. The lowest BCUT2D eigenvalue weighted by Gasteiger charge is -2.16. The van der Waals surface area contributed by atoms with Crippen molar-refractivity contribution in [1.82, 2.24) is 10.4 Å². The first kappa shape index (κ1) is 17.1. The van der Waals surface area contributed by atoms with Crippen LogP contribution in [0.2, 0.25) is 0 Å². The van der Waals surface area contributed by atoms with E-state index < -0.39 is 0 Å². The predicted octanol–water partition coefficient (Wildman–Crippen LogP) is 4.43. The average Bonchev–Trinajstić information content (AvgIpc) is 2.47. The molecule has 1 aromatic heterocycles. The summed E-state index contributed by atoms with van der Waals surface area (Å²) in [6.07, 6.45) is 13.8. The highest BCUT2D eigenvalue weighted by molar-refractivity contribution is 5.16. The summed E-state index contributed by atoms with van der Waals surface area (Å²) >= 11 is 0. The molecule has 0 bridgehead atoms. The molecule has 114 valence electrons. The Morgan fingerprint density at radius 3 is 2.25 bits per heavy atom. The minimum atomic E-state index is 0.239. The first-order chi connectivity index (χ1) is 9.77. The summed E-state index contributed by atoms with van der Waals surface area (Å²) in [6.45, 7) is 4.27. The molecule has 1 aromatic rings. The summed E-state index contributed by atoms with van der Waals surface area (Å²) in [7, 11) is 0. The maximum atomic E-state index is 5.66. The summed E-state index contributed by atoms with van der Waals surface area (Å²) in [5.41, 5.74) is 5.16. The highest BCUT2D eigenvalue weighted by Crippen LogP contribution is 2.19. The van der Waals surface area contributed by atoms with Gasteiger partial charge in [-0.15, -0.1) is 0 Å². The van der Waals surface area contributed by atoms with Crippen molar-refractivity contribution in [3.05, 3.63) is 29.6 Å². The smallest absolute Gasteiger partial charge is 0.0475 e. The van der Waals surface area contributed by atoms with Gasteiger partial charge in [-0.1, -0.05) is 64.4 Å². The summed E-state index contributed by atoms with van der Waals surface area (Å²) in [5.74, 6) is 5.66. The van der Waals surface area contributed by atoms with Gasteiger partial charge in [0.1, 0.15) is 0 Å². The second-order valence-corrected chi connectivity index (χ2v) is 5.72. The highest BCUT2D eigenvalue weighted by Gasteiger charge is 2.09. The molecule has 20 heavy (non-hydrogen) atoms. The standard InChI is InChI=1S/C17H31N3/c1-3-4-5-6-7-8-9-10-11-17(20-18)16-13-12-15(2)19-14-16/h12-14,17,20H,3-11,18H2,1-2H3. The van der Waals surface area contributed by atoms with Crippen LogP contribution in [0.5, 0.6) is 0 Å². The zero-order valence-electron chi connectivity index (χ0n) is 13.2. The van der Waals surface area contributed by atoms with Crippen LogP contribution in [0.25, 0.3) is 0 Å². The van der Waals surface area contributed by atoms with E-state index in [0.29, 0.717) is 0 Å². The molecule has 0 spiro atoms. The Bertz CT molecular complexity index is 335. The third kappa shape index (κ3) is 7.01. The van der Waals surface area contributed by atoms with Crippen LogP contribution in [0.1, 0.15) is 82.0 Å². The lowest BCUT2D eigenvalue weighted by atomic mass is 10.0. The van der Waals surface area contributed by atoms with Gasteiger partial charge < -0.3 is 0 Å². The fourth-order valence-electron chi connectivity index (χ4n) is 2.51. The van der Waals surface area contributed by atoms with E-state index in [1.54, 1.807) is 0 Å². The lowest BCUT2D eigenvalue weighted by Crippen LogP contribution is -2.28. The molecule has 1 atom stereocenters. The number of pyridine rings is 1. The van der Waals surface area contributed by atoms with Crippen LogP contribution in [0.3, 0.4) is 0 Å². The van der Waals surface area contributed by atoms with Gasteiger partial charge >= 0.3 is 0 Å². The van der Waals surface area contributed by atoms with Crippen molar-refractivity contribution in [2.24, 2.45) is 5.84 Å². The molecule has 0 aliphatic heterocycles. The molecule has 3 N–H and O–H groups in total. The Morgan fingerprint density at radius 2 is 1.70 bits per heavy atom. The Hall–Kier alpha value is -0.930. The van der Waals surface area contributed by atoms with Gasteiger partial charge in [-0.25, -0.2) is 0 Å². The number of nitrogens with zero attached hydrogens (tertiary/aromatic N) is 1. The monoisotopic (exact) mass is 277 g/mol. The summed E-state index contributed by atoms with van der Waals surface area (Å²) in [4.78, 5) is 4.34. The van der Waals surface area contributed by atoms with E-state index in [4.69, 9.17) is 5.84 Å². The number of aryl methyl sites for hydroxylation is 1. The number of nitrogens with two attached hydrogens (primary N) is 1. The van der Waals surface area contributed by atoms with Gasteiger partial charge in [0.05, 0.1) is 0 Å². The van der Waals surface area contributed by atoms with E-state index in [1.165, 1.54) is 56.9 Å². The topological polar surface area (TPSA) is 50.9 Å². The van der Waals surface area contributed by atoms with Gasteiger partial charge in [0.15, 0.2) is 0 Å². The van der Waals surface area contributed by atoms with Crippen molar-refractivity contribution in [3.63, 3.8) is 0 Å². The van der Waals surface area contributed by atoms with Gasteiger partial charge in [-0.05, 0) is 25.0 Å². The molecule has 1 rings (SSSR count). The molecule has 3 nitrogen and oxygen atoms in total. The highest BCUT2D eigenvalue weighted by atomic mass is 15.2. The Balaban J connectivity index is 2.14. The fraction of sp³-hybridized carbons (Fsp3) is 0.706. The summed E-state index contributed by atoms with van der Waals surface area (Å²) < 4.78 is 0. The van der Waals surface area contributed by atoms with Gasteiger partial charge in [-0.2, -0.15) is 0 Å². The van der Waals surface area contributed by atoms with Crippen LogP contribution in [0.4, 0.5) is 0 Å². The Labute approximate surface area is 124 Å². The van der Waals surface area contributed by atoms with Crippen LogP contribution in [-0.2, 0) is 0 Å². The van der Waals surface area contributed by atoms with Gasteiger partial charge in [0, 0.05) is 17.9 Å². The lowest BCUT2D eigenvalue weighted by molar-refractivity contribution is 0.474. The van der Waals surface area contributed by atoms with Crippen molar-refractivity contribution >= 4 is 0 Å². The maximum absolute atomic E-state index is 5.66. The van der Waals surface area contributed by atoms with Crippen molar-refractivity contribution in [1.29, 1.82) is 0 Å². The van der Waals surface area contributed by atoms with E-state index in [2.05, 4.69) is 23.4 Å². The van der Waals surface area contributed by atoms with Crippen LogP contribution in [0, 0.1) is 6.92 Å². The summed E-state index contributed by atoms with van der Waals surface area (Å²) in [5, 5.41) is 0. The number of hydrogen-bond acceptors (Lipinski definition) is 3. The first-order valence-corrected chi connectivity index (χ1v) is 8.16. The van der Waals surface area contributed by atoms with E-state index in [-0.39, 0.29) is 6.04 Å². The van der Waals surface area contributed by atoms with Crippen LogP contribution < -0.4 is 11.3 Å². The van der Waals surface area contributed by atoms with Gasteiger partial charge in [0.25, 0.3) is 0 Å². The van der Waals surface area contributed by atoms with Gasteiger partial charge in [-0.3, -0.25) is 16.3 Å². The number of hydrazine groups is 1. The minimum absolute atomic E-state index is 0.239. The normalized spacial score (nSPS) is 12.6. The summed E-state index contributed by atoms with van der Waals surface area (Å²) in [6, 6.07) is 4.41. The molecule has 0 amide bonds. The average molecular weight is 277 g/mol. The quantitative estimate of drug-likeness (QED) is 0.357. The van der Waals surface area contributed by atoms with E-state index in [1.807, 2.05) is 19.2 Å². The van der Waals surface area contributed by atoms with Gasteiger partial charge in [0.2, 0.25) is 0 Å². The molecule has 0 radical (unpaired) electrons. The first-order valence-electron chi connectivity index (χ1n) is 8.16. The largest absolute Gasteiger partial charge is 0.271 e. The minimum Gasteiger partial charge on any atom is -0.271 e. The molecule has 0 fully saturated rings. The molecule has 1 heterocycles. The molecule has 0 saturated heterocycles. The van der Waals surface area contributed by atoms with Crippen molar-refractivity contribution in [2.45, 2.75) is 77.7 Å².